The lowest BCUT2D eigenvalue weighted by atomic mass is 10.1. The van der Waals surface area contributed by atoms with Crippen molar-refractivity contribution in [2.75, 3.05) is 13.7 Å². The van der Waals surface area contributed by atoms with Crippen molar-refractivity contribution >= 4 is 29.9 Å². The van der Waals surface area contributed by atoms with Crippen molar-refractivity contribution < 1.29 is 9.13 Å². The molecule has 7 nitrogen and oxygen atoms in total. The van der Waals surface area contributed by atoms with Crippen LogP contribution in [0.2, 0.25) is 0 Å². The predicted octanol–water partition coefficient (Wildman–Crippen LogP) is 3.20. The first kappa shape index (κ1) is 21.8. The molecule has 1 atom stereocenters. The maximum absolute atomic E-state index is 14.3. The molecule has 0 saturated heterocycles. The smallest absolute Gasteiger partial charge is 0.191 e. The molecule has 0 spiro atoms. The van der Waals surface area contributed by atoms with Crippen molar-refractivity contribution in [3.8, 4) is 5.75 Å². The van der Waals surface area contributed by atoms with Crippen LogP contribution in [0.25, 0.3) is 0 Å². The van der Waals surface area contributed by atoms with Crippen LogP contribution in [-0.2, 0) is 19.5 Å². The zero-order valence-corrected chi connectivity index (χ0v) is 19.2. The number of nitrogens with one attached hydrogen (secondary N) is 2. The molecule has 2 aliphatic rings. The van der Waals surface area contributed by atoms with E-state index >= 15 is 0 Å². The minimum Gasteiger partial charge on any atom is -0.490 e. The Kier molecular flexibility index (Phi) is 7.31. The van der Waals surface area contributed by atoms with E-state index in [4.69, 9.17) is 4.74 Å². The quantitative estimate of drug-likeness (QED) is 0.337. The summed E-state index contributed by atoms with van der Waals surface area (Å²) < 4.78 is 22.1. The van der Waals surface area contributed by atoms with Crippen molar-refractivity contribution in [1.29, 1.82) is 0 Å². The lowest BCUT2D eigenvalue weighted by Gasteiger charge is -2.19. The highest BCUT2D eigenvalue weighted by atomic mass is 127. The van der Waals surface area contributed by atoms with E-state index in [1.54, 1.807) is 13.1 Å². The van der Waals surface area contributed by atoms with Gasteiger partial charge in [-0.25, -0.2) is 4.39 Å². The molecule has 1 aromatic carbocycles. The monoisotopic (exact) mass is 514 g/mol. The molecule has 1 aromatic heterocycles. The van der Waals surface area contributed by atoms with E-state index in [0.29, 0.717) is 30.8 Å². The molecule has 1 aliphatic heterocycles. The zero-order chi connectivity index (χ0) is 19.5. The summed E-state index contributed by atoms with van der Waals surface area (Å²) in [5.41, 5.74) is 0.836. The van der Waals surface area contributed by atoms with Crippen molar-refractivity contribution in [2.24, 2.45) is 10.9 Å². The third-order valence-electron chi connectivity index (χ3n) is 5.30. The van der Waals surface area contributed by atoms with E-state index < -0.39 is 0 Å². The molecular weight excluding hydrogens is 486 g/mol. The number of rotatable bonds is 7. The van der Waals surface area contributed by atoms with E-state index in [1.807, 2.05) is 13.0 Å². The Bertz CT molecular complexity index is 867. The third kappa shape index (κ3) is 5.37. The molecule has 1 saturated carbocycles. The van der Waals surface area contributed by atoms with Gasteiger partial charge in [0.1, 0.15) is 5.82 Å². The molecule has 1 unspecified atom stereocenters. The first-order valence-electron chi connectivity index (χ1n) is 9.94. The summed E-state index contributed by atoms with van der Waals surface area (Å²) in [7, 11) is 1.71. The summed E-state index contributed by atoms with van der Waals surface area (Å²) in [6, 6.07) is 5.02. The number of hydrogen-bond donors (Lipinski definition) is 2. The molecule has 4 rings (SSSR count). The SMILES string of the molecule is CN=C(NCc1nnc2n1CCC2)NC(C)c1ccc(OCC2CC2)c(F)c1.I. The Hall–Kier alpha value is -1.91. The second-order valence-electron chi connectivity index (χ2n) is 7.52. The van der Waals surface area contributed by atoms with E-state index in [2.05, 4.69) is 30.4 Å². The van der Waals surface area contributed by atoms with E-state index in [1.165, 1.54) is 18.9 Å². The number of halogens is 2. The first-order valence-corrected chi connectivity index (χ1v) is 9.94. The average Bonchev–Trinajstić information content (AvgIpc) is 3.27. The number of ether oxygens (including phenoxy) is 1. The number of benzene rings is 1. The molecule has 2 aromatic rings. The van der Waals surface area contributed by atoms with Crippen LogP contribution in [-0.4, -0.2) is 34.4 Å². The van der Waals surface area contributed by atoms with Gasteiger partial charge in [-0.2, -0.15) is 0 Å². The Labute approximate surface area is 187 Å². The number of fused-ring (bicyclic) bond motifs is 1. The minimum atomic E-state index is -0.325. The highest BCUT2D eigenvalue weighted by Crippen LogP contribution is 2.30. The first-order chi connectivity index (χ1) is 13.6. The lowest BCUT2D eigenvalue weighted by Crippen LogP contribution is -2.38. The molecule has 0 radical (unpaired) electrons. The fraction of sp³-hybridized carbons (Fsp3) is 0.550. The van der Waals surface area contributed by atoms with Gasteiger partial charge in [0, 0.05) is 20.0 Å². The predicted molar refractivity (Wildman–Crippen MR) is 120 cm³/mol. The van der Waals surface area contributed by atoms with Crippen LogP contribution in [0, 0.1) is 11.7 Å². The molecule has 0 amide bonds. The summed E-state index contributed by atoms with van der Waals surface area (Å²) in [5.74, 6) is 3.19. The molecule has 0 bridgehead atoms. The summed E-state index contributed by atoms with van der Waals surface area (Å²) in [6.45, 7) is 4.09. The van der Waals surface area contributed by atoms with Crippen LogP contribution in [0.4, 0.5) is 4.39 Å². The number of guanidine groups is 1. The Balaban J connectivity index is 0.00000240. The molecule has 1 aliphatic carbocycles. The van der Waals surface area contributed by atoms with Gasteiger partial charge in [0.25, 0.3) is 0 Å². The van der Waals surface area contributed by atoms with Crippen LogP contribution in [0.15, 0.2) is 23.2 Å². The van der Waals surface area contributed by atoms with E-state index in [-0.39, 0.29) is 35.8 Å². The zero-order valence-electron chi connectivity index (χ0n) is 16.8. The van der Waals surface area contributed by atoms with Gasteiger partial charge >= 0.3 is 0 Å². The van der Waals surface area contributed by atoms with Gasteiger partial charge in [-0.1, -0.05) is 6.07 Å². The fourth-order valence-electron chi connectivity index (χ4n) is 3.38. The molecule has 1 fully saturated rings. The molecular formula is C20H28FIN6O. The second kappa shape index (κ2) is 9.73. The molecule has 158 valence electrons. The van der Waals surface area contributed by atoms with Crippen LogP contribution >= 0.6 is 24.0 Å². The maximum Gasteiger partial charge on any atom is 0.191 e. The van der Waals surface area contributed by atoms with E-state index in [9.17, 15) is 4.39 Å². The summed E-state index contributed by atoms with van der Waals surface area (Å²) in [5, 5.41) is 15.0. The number of hydrogen-bond acceptors (Lipinski definition) is 4. The van der Waals surface area contributed by atoms with Crippen molar-refractivity contribution in [2.45, 2.75) is 51.7 Å². The topological polar surface area (TPSA) is 76.4 Å². The summed E-state index contributed by atoms with van der Waals surface area (Å²) >= 11 is 0. The molecule has 29 heavy (non-hydrogen) atoms. The van der Waals surface area contributed by atoms with Crippen LogP contribution in [0.3, 0.4) is 0 Å². The highest BCUT2D eigenvalue weighted by molar-refractivity contribution is 14.0. The van der Waals surface area contributed by atoms with Gasteiger partial charge in [-0.05, 0) is 49.8 Å². The second-order valence-corrected chi connectivity index (χ2v) is 7.52. The fourth-order valence-corrected chi connectivity index (χ4v) is 3.38. The van der Waals surface area contributed by atoms with Gasteiger partial charge in [-0.15, -0.1) is 34.2 Å². The molecule has 9 heteroatoms. The Morgan fingerprint density at radius 1 is 1.38 bits per heavy atom. The van der Waals surface area contributed by atoms with Crippen molar-refractivity contribution in [3.63, 3.8) is 0 Å². The Morgan fingerprint density at radius 2 is 2.21 bits per heavy atom. The van der Waals surface area contributed by atoms with Gasteiger partial charge < -0.3 is 19.9 Å². The van der Waals surface area contributed by atoms with Crippen LogP contribution < -0.4 is 15.4 Å². The minimum absolute atomic E-state index is 0. The van der Waals surface area contributed by atoms with E-state index in [0.717, 1.165) is 36.6 Å². The van der Waals surface area contributed by atoms with Crippen molar-refractivity contribution in [3.05, 3.63) is 41.2 Å². The maximum atomic E-state index is 14.3. The van der Waals surface area contributed by atoms with Crippen molar-refractivity contribution in [1.82, 2.24) is 25.4 Å². The van der Waals surface area contributed by atoms with Gasteiger partial charge in [0.15, 0.2) is 23.4 Å². The number of nitrogens with zero attached hydrogens (tertiary/aromatic N) is 4. The number of aliphatic imine (C=N–C) groups is 1. The largest absolute Gasteiger partial charge is 0.490 e. The van der Waals surface area contributed by atoms with Gasteiger partial charge in [0.05, 0.1) is 19.2 Å². The summed E-state index contributed by atoms with van der Waals surface area (Å²) in [6.07, 6.45) is 4.48. The van der Waals surface area contributed by atoms with Gasteiger partial charge in [0.2, 0.25) is 0 Å². The Morgan fingerprint density at radius 3 is 2.93 bits per heavy atom. The molecule has 2 heterocycles. The lowest BCUT2D eigenvalue weighted by molar-refractivity contribution is 0.285. The number of aromatic nitrogens is 3. The number of aryl methyl sites for hydroxylation is 1. The summed E-state index contributed by atoms with van der Waals surface area (Å²) in [4.78, 5) is 4.26. The van der Waals surface area contributed by atoms with Crippen LogP contribution in [0.1, 0.15) is 49.4 Å². The molecule has 2 N–H and O–H groups in total. The average molecular weight is 514 g/mol. The highest BCUT2D eigenvalue weighted by Gasteiger charge is 2.23. The van der Waals surface area contributed by atoms with Crippen LogP contribution in [0.5, 0.6) is 5.75 Å². The third-order valence-corrected chi connectivity index (χ3v) is 5.30. The standard InChI is InChI=1S/C20H27FN6O.HI/c1-13(15-7-8-17(16(21)10-15)28-12-14-5-6-14)24-20(22-2)23-11-19-26-25-18-4-3-9-27(18)19;/h7-8,10,13-14H,3-6,9,11-12H2,1-2H3,(H2,22,23,24);1H. The van der Waals surface area contributed by atoms with Gasteiger partial charge in [-0.3, -0.25) is 4.99 Å². The normalized spacial score (nSPS) is 16.7.